The molecule has 0 unspecified atom stereocenters. The van der Waals surface area contributed by atoms with Crippen LogP contribution >= 0.6 is 0 Å². The molecule has 3 heteroatoms. The molecule has 0 aromatic heterocycles. The van der Waals surface area contributed by atoms with Gasteiger partial charge in [-0.15, -0.1) is 0 Å². The maximum absolute atomic E-state index is 6.10. The van der Waals surface area contributed by atoms with Gasteiger partial charge in [0.1, 0.15) is 0 Å². The summed E-state index contributed by atoms with van der Waals surface area (Å²) in [6.45, 7) is 9.92. The fourth-order valence-corrected chi connectivity index (χ4v) is 3.87. The Kier molecular flexibility index (Phi) is 3.89. The summed E-state index contributed by atoms with van der Waals surface area (Å²) in [6.07, 6.45) is 7.72. The molecular formula is C16H29NO2. The second-order valence-electron chi connectivity index (χ2n) is 7.43. The molecule has 0 aromatic rings. The van der Waals surface area contributed by atoms with Crippen molar-refractivity contribution in [3.05, 3.63) is 0 Å². The highest BCUT2D eigenvalue weighted by Crippen LogP contribution is 2.43. The van der Waals surface area contributed by atoms with Gasteiger partial charge in [0.2, 0.25) is 0 Å². The highest BCUT2D eigenvalue weighted by molar-refractivity contribution is 4.93. The number of ether oxygens (including phenoxy) is 2. The number of piperidine rings is 1. The van der Waals surface area contributed by atoms with Crippen molar-refractivity contribution in [2.45, 2.75) is 64.0 Å². The number of hydrogen-bond acceptors (Lipinski definition) is 3. The van der Waals surface area contributed by atoms with Gasteiger partial charge >= 0.3 is 0 Å². The number of nitrogens with zero attached hydrogens (tertiary/aromatic N) is 1. The molecule has 3 rings (SSSR count). The van der Waals surface area contributed by atoms with Crippen LogP contribution in [0.2, 0.25) is 0 Å². The molecule has 110 valence electrons. The Balaban J connectivity index is 1.51. The van der Waals surface area contributed by atoms with Gasteiger partial charge in [-0.2, -0.15) is 0 Å². The molecule has 3 aliphatic heterocycles. The summed E-state index contributed by atoms with van der Waals surface area (Å²) in [6, 6.07) is 0.784. The normalized spacial score (nSPS) is 32.5. The standard InChI is InChI=1S/C16H29NO2/c1-15(2)5-6-16(13-19-15)7-9-17(10-8-16)14-3-11-18-12-4-14/h14H,3-13H2,1-2H3. The Labute approximate surface area is 117 Å². The lowest BCUT2D eigenvalue weighted by atomic mass is 9.71. The van der Waals surface area contributed by atoms with Crippen molar-refractivity contribution in [1.29, 1.82) is 0 Å². The van der Waals surface area contributed by atoms with E-state index in [0.717, 1.165) is 25.9 Å². The molecule has 3 nitrogen and oxygen atoms in total. The monoisotopic (exact) mass is 267 g/mol. The summed E-state index contributed by atoms with van der Waals surface area (Å²) in [5.74, 6) is 0. The molecule has 3 fully saturated rings. The Bertz CT molecular complexity index is 290. The zero-order valence-electron chi connectivity index (χ0n) is 12.6. The van der Waals surface area contributed by atoms with Crippen molar-refractivity contribution >= 4 is 0 Å². The van der Waals surface area contributed by atoms with Crippen molar-refractivity contribution in [2.75, 3.05) is 32.9 Å². The lowest BCUT2D eigenvalue weighted by Crippen LogP contribution is -2.51. The Morgan fingerprint density at radius 3 is 2.21 bits per heavy atom. The molecule has 0 N–H and O–H groups in total. The fraction of sp³-hybridized carbons (Fsp3) is 1.00. The summed E-state index contributed by atoms with van der Waals surface area (Å²) >= 11 is 0. The zero-order chi connectivity index (χ0) is 13.3. The van der Waals surface area contributed by atoms with Gasteiger partial charge in [-0.25, -0.2) is 0 Å². The molecule has 0 atom stereocenters. The van der Waals surface area contributed by atoms with Crippen LogP contribution in [0.5, 0.6) is 0 Å². The number of likely N-dealkylation sites (tertiary alicyclic amines) is 1. The van der Waals surface area contributed by atoms with Crippen LogP contribution in [0.4, 0.5) is 0 Å². The summed E-state index contributed by atoms with van der Waals surface area (Å²) in [5, 5.41) is 0. The van der Waals surface area contributed by atoms with Gasteiger partial charge in [-0.1, -0.05) is 0 Å². The van der Waals surface area contributed by atoms with E-state index in [1.807, 2.05) is 0 Å². The predicted octanol–water partition coefficient (Wildman–Crippen LogP) is 2.84. The van der Waals surface area contributed by atoms with Gasteiger partial charge in [0.05, 0.1) is 12.2 Å². The third kappa shape index (κ3) is 3.14. The van der Waals surface area contributed by atoms with Gasteiger partial charge in [-0.3, -0.25) is 0 Å². The zero-order valence-corrected chi connectivity index (χ0v) is 12.6. The SMILES string of the molecule is CC1(C)CCC2(CCN(C3CCOCC3)CC2)CO1. The minimum Gasteiger partial charge on any atom is -0.381 e. The molecular weight excluding hydrogens is 238 g/mol. The molecule has 0 aliphatic carbocycles. The number of rotatable bonds is 1. The highest BCUT2D eigenvalue weighted by atomic mass is 16.5. The van der Waals surface area contributed by atoms with E-state index in [-0.39, 0.29) is 5.60 Å². The molecule has 0 aromatic carbocycles. The largest absolute Gasteiger partial charge is 0.381 e. The van der Waals surface area contributed by atoms with Crippen LogP contribution in [0.25, 0.3) is 0 Å². The maximum Gasteiger partial charge on any atom is 0.0627 e. The van der Waals surface area contributed by atoms with Gasteiger partial charge in [0.25, 0.3) is 0 Å². The fourth-order valence-electron chi connectivity index (χ4n) is 3.87. The van der Waals surface area contributed by atoms with Crippen LogP contribution in [-0.4, -0.2) is 49.5 Å². The van der Waals surface area contributed by atoms with E-state index in [4.69, 9.17) is 9.47 Å². The highest BCUT2D eigenvalue weighted by Gasteiger charge is 2.42. The molecule has 0 radical (unpaired) electrons. The first kappa shape index (κ1) is 13.8. The van der Waals surface area contributed by atoms with E-state index in [2.05, 4.69) is 18.7 Å². The molecule has 0 amide bonds. The van der Waals surface area contributed by atoms with Crippen molar-refractivity contribution < 1.29 is 9.47 Å². The second kappa shape index (κ2) is 5.34. The van der Waals surface area contributed by atoms with Crippen molar-refractivity contribution in [2.24, 2.45) is 5.41 Å². The van der Waals surface area contributed by atoms with Crippen molar-refractivity contribution in [3.63, 3.8) is 0 Å². The minimum atomic E-state index is 0.114. The molecule has 1 spiro atoms. The summed E-state index contributed by atoms with van der Waals surface area (Å²) < 4.78 is 11.6. The quantitative estimate of drug-likeness (QED) is 0.729. The molecule has 3 heterocycles. The molecule has 19 heavy (non-hydrogen) atoms. The van der Waals surface area contributed by atoms with Crippen LogP contribution < -0.4 is 0 Å². The lowest BCUT2D eigenvalue weighted by molar-refractivity contribution is -0.133. The van der Waals surface area contributed by atoms with Crippen LogP contribution in [-0.2, 0) is 9.47 Å². The molecule has 3 aliphatic rings. The van der Waals surface area contributed by atoms with Gasteiger partial charge in [0.15, 0.2) is 0 Å². The van der Waals surface area contributed by atoms with E-state index in [1.54, 1.807) is 0 Å². The summed E-state index contributed by atoms with van der Waals surface area (Å²) in [4.78, 5) is 2.72. The third-order valence-corrected chi connectivity index (χ3v) is 5.59. The van der Waals surface area contributed by atoms with Crippen molar-refractivity contribution in [3.8, 4) is 0 Å². The average Bonchev–Trinajstić information content (AvgIpc) is 2.45. The lowest BCUT2D eigenvalue weighted by Gasteiger charge is -2.49. The Morgan fingerprint density at radius 1 is 0.947 bits per heavy atom. The second-order valence-corrected chi connectivity index (χ2v) is 7.43. The minimum absolute atomic E-state index is 0.114. The molecule has 3 saturated heterocycles. The summed E-state index contributed by atoms with van der Waals surface area (Å²) in [5.41, 5.74) is 0.611. The van der Waals surface area contributed by atoms with E-state index in [1.165, 1.54) is 51.6 Å². The predicted molar refractivity (Wildman–Crippen MR) is 76.3 cm³/mol. The van der Waals surface area contributed by atoms with Crippen molar-refractivity contribution in [1.82, 2.24) is 4.90 Å². The number of hydrogen-bond donors (Lipinski definition) is 0. The molecule has 0 bridgehead atoms. The van der Waals surface area contributed by atoms with Gasteiger partial charge < -0.3 is 14.4 Å². The first-order valence-electron chi connectivity index (χ1n) is 8.05. The smallest absolute Gasteiger partial charge is 0.0627 e. The van der Waals surface area contributed by atoms with Crippen LogP contribution in [0.15, 0.2) is 0 Å². The Hall–Kier alpha value is -0.120. The van der Waals surface area contributed by atoms with Crippen LogP contribution in [0, 0.1) is 5.41 Å². The van der Waals surface area contributed by atoms with E-state index in [0.29, 0.717) is 5.41 Å². The first-order valence-corrected chi connectivity index (χ1v) is 8.05. The molecule has 0 saturated carbocycles. The van der Waals surface area contributed by atoms with E-state index >= 15 is 0 Å². The van der Waals surface area contributed by atoms with Crippen LogP contribution in [0.3, 0.4) is 0 Å². The average molecular weight is 267 g/mol. The van der Waals surface area contributed by atoms with Crippen LogP contribution in [0.1, 0.15) is 52.4 Å². The van der Waals surface area contributed by atoms with E-state index < -0.39 is 0 Å². The van der Waals surface area contributed by atoms with Gasteiger partial charge in [-0.05, 0) is 70.9 Å². The topological polar surface area (TPSA) is 21.7 Å². The first-order chi connectivity index (χ1) is 9.09. The summed E-state index contributed by atoms with van der Waals surface area (Å²) in [7, 11) is 0. The maximum atomic E-state index is 6.10. The Morgan fingerprint density at radius 2 is 1.63 bits per heavy atom. The third-order valence-electron chi connectivity index (χ3n) is 5.59. The van der Waals surface area contributed by atoms with Gasteiger partial charge in [0, 0.05) is 19.3 Å². The van der Waals surface area contributed by atoms with E-state index in [9.17, 15) is 0 Å².